The molecule has 1 saturated heterocycles. The number of rotatable bonds is 6. The molecule has 9 heteroatoms. The van der Waals surface area contributed by atoms with E-state index in [2.05, 4.69) is 0 Å². The lowest BCUT2D eigenvalue weighted by atomic mass is 10.00. The Bertz CT molecular complexity index is 991. The first-order valence-electron chi connectivity index (χ1n) is 9.08. The number of ether oxygens (including phenoxy) is 1. The van der Waals surface area contributed by atoms with E-state index in [0.717, 1.165) is 0 Å². The Morgan fingerprint density at radius 3 is 2.38 bits per heavy atom. The van der Waals surface area contributed by atoms with Crippen LogP contribution in [0.2, 0.25) is 5.02 Å². The molecule has 2 N–H and O–H groups in total. The zero-order valence-corrected chi connectivity index (χ0v) is 17.2. The summed E-state index contributed by atoms with van der Waals surface area (Å²) in [4.78, 5) is 23.7. The van der Waals surface area contributed by atoms with E-state index in [1.807, 2.05) is 0 Å². The second-order valence-electron chi connectivity index (χ2n) is 6.83. The van der Waals surface area contributed by atoms with Gasteiger partial charge in [0.1, 0.15) is 6.61 Å². The molecule has 1 unspecified atom stereocenters. The van der Waals surface area contributed by atoms with Crippen LogP contribution >= 0.6 is 11.6 Å². The molecule has 1 aliphatic heterocycles. The highest BCUT2D eigenvalue weighted by Crippen LogP contribution is 2.25. The Balaban J connectivity index is 1.61. The minimum absolute atomic E-state index is 0.0400. The molecule has 2 aromatic carbocycles. The van der Waals surface area contributed by atoms with Crippen molar-refractivity contribution in [3.8, 4) is 0 Å². The van der Waals surface area contributed by atoms with Gasteiger partial charge in [-0.2, -0.15) is 4.31 Å². The molecule has 0 bridgehead atoms. The first-order chi connectivity index (χ1) is 13.8. The molecule has 1 aliphatic rings. The standard InChI is InChI=1S/C20H21ClN2O5S/c21-17-7-9-18(10-8-17)29(26,27)23-11-1-2-16(12-23)20(25)28-13-14-3-5-15(6-4-14)19(22)24/h3-10,16H,1-2,11-13H2,(H2,22,24). The molecule has 3 rings (SSSR count). The minimum Gasteiger partial charge on any atom is -0.461 e. The first kappa shape index (κ1) is 21.3. The molecule has 1 atom stereocenters. The van der Waals surface area contributed by atoms with E-state index < -0.39 is 27.8 Å². The van der Waals surface area contributed by atoms with Crippen molar-refractivity contribution in [3.05, 3.63) is 64.7 Å². The predicted molar refractivity (Wildman–Crippen MR) is 108 cm³/mol. The molecule has 1 heterocycles. The van der Waals surface area contributed by atoms with Gasteiger partial charge in [-0.1, -0.05) is 23.7 Å². The summed E-state index contributed by atoms with van der Waals surface area (Å²) in [5.74, 6) is -1.51. The SMILES string of the molecule is NC(=O)c1ccc(COC(=O)C2CCCN(S(=O)(=O)c3ccc(Cl)cc3)C2)cc1. The van der Waals surface area contributed by atoms with Gasteiger partial charge in [0.25, 0.3) is 0 Å². The average Bonchev–Trinajstić information content (AvgIpc) is 2.72. The van der Waals surface area contributed by atoms with Crippen molar-refractivity contribution >= 4 is 33.5 Å². The largest absolute Gasteiger partial charge is 0.461 e. The van der Waals surface area contributed by atoms with Gasteiger partial charge in [-0.05, 0) is 54.8 Å². The number of hydrogen-bond acceptors (Lipinski definition) is 5. The molecule has 154 valence electrons. The Kier molecular flexibility index (Phi) is 6.56. The van der Waals surface area contributed by atoms with Crippen LogP contribution in [0.25, 0.3) is 0 Å². The van der Waals surface area contributed by atoms with Crippen LogP contribution in [-0.2, 0) is 26.2 Å². The minimum atomic E-state index is -3.70. The number of primary amides is 1. The van der Waals surface area contributed by atoms with Gasteiger partial charge in [-0.3, -0.25) is 9.59 Å². The Morgan fingerprint density at radius 2 is 1.76 bits per heavy atom. The van der Waals surface area contributed by atoms with Gasteiger partial charge in [-0.25, -0.2) is 8.42 Å². The van der Waals surface area contributed by atoms with Gasteiger partial charge in [-0.15, -0.1) is 0 Å². The Morgan fingerprint density at radius 1 is 1.10 bits per heavy atom. The number of benzene rings is 2. The second-order valence-corrected chi connectivity index (χ2v) is 9.20. The van der Waals surface area contributed by atoms with Crippen molar-refractivity contribution in [2.45, 2.75) is 24.3 Å². The number of carbonyl (C=O) groups excluding carboxylic acids is 2. The van der Waals surface area contributed by atoms with Crippen LogP contribution in [0, 0.1) is 5.92 Å². The van der Waals surface area contributed by atoms with E-state index in [1.54, 1.807) is 24.3 Å². The third-order valence-corrected chi connectivity index (χ3v) is 6.92. The monoisotopic (exact) mass is 436 g/mol. The first-order valence-corrected chi connectivity index (χ1v) is 10.9. The number of nitrogens with two attached hydrogens (primary N) is 1. The van der Waals surface area contributed by atoms with Crippen molar-refractivity contribution in [1.82, 2.24) is 4.31 Å². The molecule has 7 nitrogen and oxygen atoms in total. The summed E-state index contributed by atoms with van der Waals surface area (Å²) < 4.78 is 32.3. The number of hydrogen-bond donors (Lipinski definition) is 1. The van der Waals surface area contributed by atoms with E-state index in [-0.39, 0.29) is 18.0 Å². The fourth-order valence-corrected chi connectivity index (χ4v) is 4.80. The number of sulfonamides is 1. The van der Waals surface area contributed by atoms with Crippen molar-refractivity contribution in [1.29, 1.82) is 0 Å². The number of halogens is 1. The van der Waals surface area contributed by atoms with Crippen molar-refractivity contribution in [3.63, 3.8) is 0 Å². The van der Waals surface area contributed by atoms with Crippen LogP contribution < -0.4 is 5.73 Å². The molecular formula is C20H21ClN2O5S. The quantitative estimate of drug-likeness (QED) is 0.700. The van der Waals surface area contributed by atoms with Crippen LogP contribution in [0.15, 0.2) is 53.4 Å². The zero-order valence-electron chi connectivity index (χ0n) is 15.6. The maximum Gasteiger partial charge on any atom is 0.310 e. The third-order valence-electron chi connectivity index (χ3n) is 4.79. The molecule has 0 spiro atoms. The van der Waals surface area contributed by atoms with Gasteiger partial charge in [0, 0.05) is 23.7 Å². The van der Waals surface area contributed by atoms with Crippen LogP contribution in [0.5, 0.6) is 0 Å². The second kappa shape index (κ2) is 8.94. The summed E-state index contributed by atoms with van der Waals surface area (Å²) in [6.45, 7) is 0.464. The van der Waals surface area contributed by atoms with Crippen molar-refractivity contribution < 1.29 is 22.7 Å². The lowest BCUT2D eigenvalue weighted by Gasteiger charge is -2.30. The molecule has 0 aromatic heterocycles. The van der Waals surface area contributed by atoms with Gasteiger partial charge in [0.2, 0.25) is 15.9 Å². The average molecular weight is 437 g/mol. The fraction of sp³-hybridized carbons (Fsp3) is 0.300. The van der Waals surface area contributed by atoms with Crippen LogP contribution in [-0.4, -0.2) is 37.7 Å². The van der Waals surface area contributed by atoms with E-state index in [1.165, 1.54) is 28.6 Å². The predicted octanol–water partition coefficient (Wildman–Crippen LogP) is 2.58. The summed E-state index contributed by atoms with van der Waals surface area (Å²) in [5.41, 5.74) is 6.28. The maximum atomic E-state index is 12.8. The molecule has 1 amide bonds. The smallest absolute Gasteiger partial charge is 0.310 e. The van der Waals surface area contributed by atoms with Gasteiger partial charge in [0.15, 0.2) is 0 Å². The summed E-state index contributed by atoms with van der Waals surface area (Å²) in [6, 6.07) is 12.4. The Hall–Kier alpha value is -2.42. The summed E-state index contributed by atoms with van der Waals surface area (Å²) in [5, 5.41) is 0.452. The fourth-order valence-electron chi connectivity index (χ4n) is 3.15. The van der Waals surface area contributed by atoms with E-state index in [0.29, 0.717) is 35.5 Å². The lowest BCUT2D eigenvalue weighted by Crippen LogP contribution is -2.42. The van der Waals surface area contributed by atoms with Crippen LogP contribution in [0.1, 0.15) is 28.8 Å². The number of amides is 1. The summed E-state index contributed by atoms with van der Waals surface area (Å²) in [6.07, 6.45) is 1.13. The lowest BCUT2D eigenvalue weighted by molar-refractivity contribution is -0.151. The van der Waals surface area contributed by atoms with E-state index >= 15 is 0 Å². The summed E-state index contributed by atoms with van der Waals surface area (Å²) in [7, 11) is -3.70. The van der Waals surface area contributed by atoms with Gasteiger partial charge >= 0.3 is 5.97 Å². The van der Waals surface area contributed by atoms with Crippen LogP contribution in [0.3, 0.4) is 0 Å². The molecular weight excluding hydrogens is 416 g/mol. The number of esters is 1. The Labute approximate surface area is 174 Å². The molecule has 0 saturated carbocycles. The molecule has 0 radical (unpaired) electrons. The van der Waals surface area contributed by atoms with Crippen molar-refractivity contribution in [2.75, 3.05) is 13.1 Å². The third kappa shape index (κ3) is 5.14. The highest BCUT2D eigenvalue weighted by Gasteiger charge is 2.34. The number of piperidine rings is 1. The molecule has 0 aliphatic carbocycles. The van der Waals surface area contributed by atoms with Gasteiger partial charge < -0.3 is 10.5 Å². The normalized spacial score (nSPS) is 17.6. The van der Waals surface area contributed by atoms with E-state index in [4.69, 9.17) is 22.1 Å². The number of nitrogens with zero attached hydrogens (tertiary/aromatic N) is 1. The summed E-state index contributed by atoms with van der Waals surface area (Å²) >= 11 is 5.83. The van der Waals surface area contributed by atoms with Gasteiger partial charge in [0.05, 0.1) is 10.8 Å². The molecule has 29 heavy (non-hydrogen) atoms. The van der Waals surface area contributed by atoms with E-state index in [9.17, 15) is 18.0 Å². The molecule has 2 aromatic rings. The highest BCUT2D eigenvalue weighted by atomic mass is 35.5. The zero-order chi connectivity index (χ0) is 21.0. The number of carbonyl (C=O) groups is 2. The van der Waals surface area contributed by atoms with Crippen LogP contribution in [0.4, 0.5) is 0 Å². The van der Waals surface area contributed by atoms with Crippen molar-refractivity contribution in [2.24, 2.45) is 11.7 Å². The topological polar surface area (TPSA) is 107 Å². The molecule has 1 fully saturated rings. The maximum absolute atomic E-state index is 12.8. The highest BCUT2D eigenvalue weighted by molar-refractivity contribution is 7.89.